The molecule has 2 aromatic heterocycles. The van der Waals surface area contributed by atoms with E-state index in [1.807, 2.05) is 0 Å². The van der Waals surface area contributed by atoms with Gasteiger partial charge < -0.3 is 9.72 Å². The zero-order chi connectivity index (χ0) is 16.7. The van der Waals surface area contributed by atoms with Crippen LogP contribution in [-0.2, 0) is 24.3 Å². The van der Waals surface area contributed by atoms with Gasteiger partial charge in [0.15, 0.2) is 0 Å². The number of ether oxygens (including phenoxy) is 1. The van der Waals surface area contributed by atoms with Crippen molar-refractivity contribution in [2.45, 2.75) is 19.6 Å². The normalized spacial score (nSPS) is 13.9. The molecule has 1 N–H and O–H groups in total. The SMILES string of the molecule is O=c1[nH]c2ccc(Cl)cc2c(=O)n1Cc1ncc2c(n1)CCOC2. The van der Waals surface area contributed by atoms with Crippen LogP contribution in [0.15, 0.2) is 34.0 Å². The van der Waals surface area contributed by atoms with Crippen molar-refractivity contribution in [3.05, 3.63) is 67.3 Å². The first-order valence-corrected chi connectivity index (χ1v) is 7.83. The summed E-state index contributed by atoms with van der Waals surface area (Å²) < 4.78 is 6.43. The molecule has 0 unspecified atom stereocenters. The standard InChI is InChI=1S/C16H13ClN4O3/c17-10-1-2-13-11(5-10)15(22)21(16(23)20-13)7-14-18-6-9-8-24-4-3-12(9)19-14/h1-2,5-6H,3-4,7-8H2,(H,20,23). The molecule has 1 aromatic carbocycles. The zero-order valence-electron chi connectivity index (χ0n) is 12.6. The molecule has 0 saturated carbocycles. The summed E-state index contributed by atoms with van der Waals surface area (Å²) in [5, 5.41) is 0.789. The molecule has 0 radical (unpaired) electrons. The molecule has 0 atom stereocenters. The lowest BCUT2D eigenvalue weighted by Crippen LogP contribution is -2.36. The van der Waals surface area contributed by atoms with Gasteiger partial charge in [0.25, 0.3) is 5.56 Å². The van der Waals surface area contributed by atoms with Gasteiger partial charge in [-0.1, -0.05) is 11.6 Å². The number of nitrogens with one attached hydrogen (secondary N) is 1. The zero-order valence-corrected chi connectivity index (χ0v) is 13.3. The van der Waals surface area contributed by atoms with Gasteiger partial charge in [0.1, 0.15) is 5.82 Å². The van der Waals surface area contributed by atoms with E-state index in [1.165, 1.54) is 6.07 Å². The van der Waals surface area contributed by atoms with Crippen molar-refractivity contribution in [3.63, 3.8) is 0 Å². The maximum Gasteiger partial charge on any atom is 0.329 e. The highest BCUT2D eigenvalue weighted by atomic mass is 35.5. The van der Waals surface area contributed by atoms with E-state index >= 15 is 0 Å². The number of benzene rings is 1. The Hall–Kier alpha value is -2.51. The van der Waals surface area contributed by atoms with E-state index in [1.54, 1.807) is 18.3 Å². The van der Waals surface area contributed by atoms with Gasteiger partial charge in [-0.15, -0.1) is 0 Å². The molecule has 3 aromatic rings. The van der Waals surface area contributed by atoms with Crippen molar-refractivity contribution < 1.29 is 4.74 Å². The number of aromatic amines is 1. The van der Waals surface area contributed by atoms with Gasteiger partial charge in [0.05, 0.1) is 36.4 Å². The van der Waals surface area contributed by atoms with Crippen LogP contribution in [0.5, 0.6) is 0 Å². The number of hydrogen-bond acceptors (Lipinski definition) is 5. The van der Waals surface area contributed by atoms with Crippen LogP contribution in [0.1, 0.15) is 17.1 Å². The van der Waals surface area contributed by atoms with Crippen molar-refractivity contribution in [1.29, 1.82) is 0 Å². The van der Waals surface area contributed by atoms with Crippen LogP contribution in [0.3, 0.4) is 0 Å². The molecule has 0 spiro atoms. The van der Waals surface area contributed by atoms with Gasteiger partial charge in [-0.05, 0) is 18.2 Å². The van der Waals surface area contributed by atoms with E-state index in [2.05, 4.69) is 15.0 Å². The minimum Gasteiger partial charge on any atom is -0.376 e. The molecular weight excluding hydrogens is 332 g/mol. The summed E-state index contributed by atoms with van der Waals surface area (Å²) in [6.07, 6.45) is 2.39. The topological polar surface area (TPSA) is 89.9 Å². The third-order valence-electron chi connectivity index (χ3n) is 3.99. The summed E-state index contributed by atoms with van der Waals surface area (Å²) in [5.74, 6) is 0.421. The first-order valence-electron chi connectivity index (χ1n) is 7.45. The molecule has 1 aliphatic heterocycles. The van der Waals surface area contributed by atoms with Gasteiger partial charge >= 0.3 is 5.69 Å². The van der Waals surface area contributed by atoms with Gasteiger partial charge in [-0.25, -0.2) is 14.8 Å². The van der Waals surface area contributed by atoms with Gasteiger partial charge in [0, 0.05) is 23.2 Å². The second kappa shape index (κ2) is 5.85. The molecule has 0 bridgehead atoms. The number of rotatable bonds is 2. The number of fused-ring (bicyclic) bond motifs is 2. The molecule has 0 aliphatic carbocycles. The van der Waals surface area contributed by atoms with Crippen molar-refractivity contribution in [2.75, 3.05) is 6.61 Å². The molecular formula is C16H13ClN4O3. The number of H-pyrrole nitrogens is 1. The first-order chi connectivity index (χ1) is 11.6. The highest BCUT2D eigenvalue weighted by Gasteiger charge is 2.14. The number of nitrogens with zero attached hydrogens (tertiary/aromatic N) is 3. The van der Waals surface area contributed by atoms with Gasteiger partial charge in [0.2, 0.25) is 0 Å². The van der Waals surface area contributed by atoms with Crippen molar-refractivity contribution >= 4 is 22.5 Å². The predicted octanol–water partition coefficient (Wildman–Crippen LogP) is 1.25. The summed E-state index contributed by atoms with van der Waals surface area (Å²) in [6.45, 7) is 1.10. The van der Waals surface area contributed by atoms with Crippen LogP contribution in [0.2, 0.25) is 5.02 Å². The summed E-state index contributed by atoms with van der Waals surface area (Å²) in [5.41, 5.74) is 1.38. The van der Waals surface area contributed by atoms with Crippen LogP contribution >= 0.6 is 11.6 Å². The highest BCUT2D eigenvalue weighted by Crippen LogP contribution is 2.15. The fourth-order valence-electron chi connectivity index (χ4n) is 2.76. The summed E-state index contributed by atoms with van der Waals surface area (Å²) in [4.78, 5) is 36.2. The monoisotopic (exact) mass is 344 g/mol. The Kier molecular flexibility index (Phi) is 3.66. The van der Waals surface area contributed by atoms with Crippen LogP contribution in [-0.4, -0.2) is 26.1 Å². The highest BCUT2D eigenvalue weighted by molar-refractivity contribution is 6.31. The Morgan fingerprint density at radius 2 is 2.21 bits per heavy atom. The van der Waals surface area contributed by atoms with Crippen LogP contribution < -0.4 is 11.2 Å². The van der Waals surface area contributed by atoms with Gasteiger partial charge in [-0.3, -0.25) is 9.36 Å². The van der Waals surface area contributed by atoms with E-state index in [9.17, 15) is 9.59 Å². The van der Waals surface area contributed by atoms with E-state index in [0.29, 0.717) is 41.4 Å². The molecule has 1 aliphatic rings. The molecule has 3 heterocycles. The molecule has 0 amide bonds. The number of hydrogen-bond donors (Lipinski definition) is 1. The second-order valence-electron chi connectivity index (χ2n) is 5.57. The average Bonchev–Trinajstić information content (AvgIpc) is 2.59. The first kappa shape index (κ1) is 15.0. The minimum absolute atomic E-state index is 0.00472. The fourth-order valence-corrected chi connectivity index (χ4v) is 2.93. The number of halogens is 1. The summed E-state index contributed by atoms with van der Waals surface area (Å²) in [6, 6.07) is 4.77. The minimum atomic E-state index is -0.500. The Bertz CT molecular complexity index is 1060. The Labute approximate surface area is 140 Å². The summed E-state index contributed by atoms with van der Waals surface area (Å²) >= 11 is 5.95. The quantitative estimate of drug-likeness (QED) is 0.755. The third kappa shape index (κ3) is 2.61. The average molecular weight is 345 g/mol. The Morgan fingerprint density at radius 1 is 1.33 bits per heavy atom. The molecule has 8 heteroatoms. The van der Waals surface area contributed by atoms with E-state index in [0.717, 1.165) is 15.8 Å². The van der Waals surface area contributed by atoms with Crippen LogP contribution in [0.25, 0.3) is 10.9 Å². The largest absolute Gasteiger partial charge is 0.376 e. The maximum absolute atomic E-state index is 12.6. The Balaban J connectivity index is 1.80. The second-order valence-corrected chi connectivity index (χ2v) is 6.01. The van der Waals surface area contributed by atoms with E-state index in [-0.39, 0.29) is 6.54 Å². The molecule has 7 nitrogen and oxygen atoms in total. The van der Waals surface area contributed by atoms with Crippen molar-refractivity contribution in [1.82, 2.24) is 19.5 Å². The van der Waals surface area contributed by atoms with Crippen molar-refractivity contribution in [2.24, 2.45) is 0 Å². The van der Waals surface area contributed by atoms with Crippen molar-refractivity contribution in [3.8, 4) is 0 Å². The lowest BCUT2D eigenvalue weighted by molar-refractivity contribution is 0.108. The van der Waals surface area contributed by atoms with E-state index in [4.69, 9.17) is 16.3 Å². The smallest absolute Gasteiger partial charge is 0.329 e. The van der Waals surface area contributed by atoms with Gasteiger partial charge in [-0.2, -0.15) is 0 Å². The molecule has 24 heavy (non-hydrogen) atoms. The molecule has 0 fully saturated rings. The Morgan fingerprint density at radius 3 is 3.08 bits per heavy atom. The van der Waals surface area contributed by atoms with E-state index < -0.39 is 11.2 Å². The van der Waals surface area contributed by atoms with Crippen LogP contribution in [0.4, 0.5) is 0 Å². The third-order valence-corrected chi connectivity index (χ3v) is 4.22. The maximum atomic E-state index is 12.6. The molecule has 122 valence electrons. The predicted molar refractivity (Wildman–Crippen MR) is 88.3 cm³/mol. The lowest BCUT2D eigenvalue weighted by Gasteiger charge is -2.15. The lowest BCUT2D eigenvalue weighted by atomic mass is 10.1. The fraction of sp³-hybridized carbons (Fsp3) is 0.250. The molecule has 4 rings (SSSR count). The summed E-state index contributed by atoms with van der Waals surface area (Å²) in [7, 11) is 0. The van der Waals surface area contributed by atoms with Crippen LogP contribution in [0, 0.1) is 0 Å². The molecule has 0 saturated heterocycles. The number of aromatic nitrogens is 4.